The van der Waals surface area contributed by atoms with Crippen molar-refractivity contribution in [3.8, 4) is 0 Å². The van der Waals surface area contributed by atoms with Gasteiger partial charge in [-0.3, -0.25) is 14.7 Å². The highest BCUT2D eigenvalue weighted by Crippen LogP contribution is 2.34. The molecular weight excluding hydrogens is 393 g/mol. The first-order valence-electron chi connectivity index (χ1n) is 9.43. The van der Waals surface area contributed by atoms with E-state index in [0.29, 0.717) is 23.6 Å². The molecule has 1 aromatic rings. The van der Waals surface area contributed by atoms with Crippen molar-refractivity contribution in [2.24, 2.45) is 11.8 Å². The molecule has 1 aromatic heterocycles. The van der Waals surface area contributed by atoms with Gasteiger partial charge in [0.25, 0.3) is 5.91 Å². The Bertz CT molecular complexity index is 699. The van der Waals surface area contributed by atoms with Gasteiger partial charge in [-0.15, -0.1) is 0 Å². The Morgan fingerprint density at radius 2 is 1.66 bits per heavy atom. The van der Waals surface area contributed by atoms with Crippen molar-refractivity contribution in [3.05, 3.63) is 24.3 Å². The van der Waals surface area contributed by atoms with Crippen LogP contribution in [0.15, 0.2) is 18.6 Å². The molecule has 0 spiro atoms. The molecule has 160 valence electrons. The molecule has 3 aliphatic heterocycles. The number of fused-ring (bicyclic) bond motifs is 1. The van der Waals surface area contributed by atoms with E-state index in [1.54, 1.807) is 18.6 Å². The SMILES string of the molecule is O=C(O)C(F)(F)F.O=C(c1cnccn1)N1C[C@@H]2CN(C3CCOCC3)C[C@@H]2C1. The van der Waals surface area contributed by atoms with Crippen LogP contribution in [-0.2, 0) is 9.53 Å². The second-order valence-electron chi connectivity index (χ2n) is 7.42. The number of carboxylic acid groups (broad SMARTS) is 1. The summed E-state index contributed by atoms with van der Waals surface area (Å²) in [5.74, 6) is -1.50. The Hall–Kier alpha value is -2.27. The molecule has 0 bridgehead atoms. The van der Waals surface area contributed by atoms with Crippen LogP contribution >= 0.6 is 0 Å². The lowest BCUT2D eigenvalue weighted by Gasteiger charge is -2.32. The van der Waals surface area contributed by atoms with Gasteiger partial charge in [0.1, 0.15) is 5.69 Å². The maximum Gasteiger partial charge on any atom is 0.490 e. The molecule has 11 heteroatoms. The van der Waals surface area contributed by atoms with Gasteiger partial charge in [0, 0.05) is 57.8 Å². The Balaban J connectivity index is 0.000000298. The van der Waals surface area contributed by atoms with Gasteiger partial charge in [-0.05, 0) is 24.7 Å². The number of nitrogens with zero attached hydrogens (tertiary/aromatic N) is 4. The Morgan fingerprint density at radius 1 is 1.07 bits per heavy atom. The number of halogens is 3. The molecule has 0 aromatic carbocycles. The number of aliphatic carboxylic acids is 1. The topological polar surface area (TPSA) is 95.9 Å². The minimum Gasteiger partial charge on any atom is -0.475 e. The Kier molecular flexibility index (Phi) is 6.68. The van der Waals surface area contributed by atoms with Gasteiger partial charge in [0.15, 0.2) is 0 Å². The first-order valence-corrected chi connectivity index (χ1v) is 9.43. The van der Waals surface area contributed by atoms with Crippen molar-refractivity contribution in [2.75, 3.05) is 39.4 Å². The van der Waals surface area contributed by atoms with E-state index in [1.807, 2.05) is 4.90 Å². The zero-order chi connectivity index (χ0) is 21.0. The van der Waals surface area contributed by atoms with Crippen molar-refractivity contribution in [1.82, 2.24) is 19.8 Å². The zero-order valence-corrected chi connectivity index (χ0v) is 15.7. The fourth-order valence-corrected chi connectivity index (χ4v) is 4.12. The lowest BCUT2D eigenvalue weighted by Crippen LogP contribution is -2.40. The summed E-state index contributed by atoms with van der Waals surface area (Å²) < 4.78 is 37.2. The van der Waals surface area contributed by atoms with Crippen LogP contribution in [0.25, 0.3) is 0 Å². The average molecular weight is 416 g/mol. The van der Waals surface area contributed by atoms with Gasteiger partial charge in [0.2, 0.25) is 0 Å². The van der Waals surface area contributed by atoms with E-state index in [2.05, 4.69) is 14.9 Å². The minimum atomic E-state index is -5.08. The lowest BCUT2D eigenvalue weighted by atomic mass is 10.0. The molecular formula is C18H23F3N4O4. The second kappa shape index (κ2) is 9.04. The number of rotatable bonds is 2. The molecule has 4 rings (SSSR count). The molecule has 0 unspecified atom stereocenters. The lowest BCUT2D eigenvalue weighted by molar-refractivity contribution is -0.192. The minimum absolute atomic E-state index is 0.0279. The number of amides is 1. The van der Waals surface area contributed by atoms with Gasteiger partial charge < -0.3 is 14.7 Å². The number of carbonyl (C=O) groups is 2. The summed E-state index contributed by atoms with van der Waals surface area (Å²) in [7, 11) is 0. The molecule has 4 heterocycles. The summed E-state index contributed by atoms with van der Waals surface area (Å²) in [5, 5.41) is 7.12. The van der Waals surface area contributed by atoms with Crippen molar-refractivity contribution in [1.29, 1.82) is 0 Å². The third-order valence-corrected chi connectivity index (χ3v) is 5.53. The van der Waals surface area contributed by atoms with Gasteiger partial charge in [-0.25, -0.2) is 9.78 Å². The zero-order valence-electron chi connectivity index (χ0n) is 15.7. The highest BCUT2D eigenvalue weighted by molar-refractivity contribution is 5.92. The maximum atomic E-state index is 12.5. The van der Waals surface area contributed by atoms with Crippen LogP contribution in [-0.4, -0.2) is 88.4 Å². The smallest absolute Gasteiger partial charge is 0.475 e. The number of hydrogen-bond donors (Lipinski definition) is 1. The van der Waals surface area contributed by atoms with Crippen molar-refractivity contribution < 1.29 is 32.6 Å². The third kappa shape index (κ3) is 5.41. The molecule has 29 heavy (non-hydrogen) atoms. The molecule has 1 amide bonds. The number of aromatic nitrogens is 2. The van der Waals surface area contributed by atoms with Crippen LogP contribution in [0.2, 0.25) is 0 Å². The normalized spacial score (nSPS) is 25.3. The third-order valence-electron chi connectivity index (χ3n) is 5.53. The van der Waals surface area contributed by atoms with Crippen LogP contribution in [0, 0.1) is 11.8 Å². The Labute approximate surface area is 165 Å². The molecule has 0 aliphatic carbocycles. The monoisotopic (exact) mass is 416 g/mol. The largest absolute Gasteiger partial charge is 0.490 e. The highest BCUT2D eigenvalue weighted by atomic mass is 19.4. The summed E-state index contributed by atoms with van der Waals surface area (Å²) in [6, 6.07) is 0.684. The van der Waals surface area contributed by atoms with Crippen molar-refractivity contribution >= 4 is 11.9 Å². The van der Waals surface area contributed by atoms with Gasteiger partial charge in [-0.1, -0.05) is 0 Å². The van der Waals surface area contributed by atoms with E-state index in [4.69, 9.17) is 14.6 Å². The van der Waals surface area contributed by atoms with E-state index in [-0.39, 0.29) is 5.91 Å². The number of alkyl halides is 3. The van der Waals surface area contributed by atoms with Crippen LogP contribution in [0.4, 0.5) is 13.2 Å². The molecule has 3 fully saturated rings. The van der Waals surface area contributed by atoms with E-state index >= 15 is 0 Å². The number of likely N-dealkylation sites (tertiary alicyclic amines) is 2. The fraction of sp³-hybridized carbons (Fsp3) is 0.667. The molecule has 2 atom stereocenters. The summed E-state index contributed by atoms with van der Waals surface area (Å²) in [6.45, 7) is 5.76. The van der Waals surface area contributed by atoms with Gasteiger partial charge in [0.05, 0.1) is 6.20 Å². The molecule has 3 aliphatic rings. The van der Waals surface area contributed by atoms with Crippen molar-refractivity contribution in [2.45, 2.75) is 25.1 Å². The molecule has 8 nitrogen and oxygen atoms in total. The van der Waals surface area contributed by atoms with Crippen molar-refractivity contribution in [3.63, 3.8) is 0 Å². The van der Waals surface area contributed by atoms with E-state index in [9.17, 15) is 18.0 Å². The van der Waals surface area contributed by atoms with Gasteiger partial charge in [-0.2, -0.15) is 13.2 Å². The molecule has 3 saturated heterocycles. The maximum absolute atomic E-state index is 12.5. The van der Waals surface area contributed by atoms with E-state index in [0.717, 1.165) is 52.2 Å². The second-order valence-corrected chi connectivity index (χ2v) is 7.42. The Morgan fingerprint density at radius 3 is 2.14 bits per heavy atom. The number of carbonyl (C=O) groups excluding carboxylic acids is 1. The number of carboxylic acids is 1. The van der Waals surface area contributed by atoms with E-state index < -0.39 is 12.1 Å². The average Bonchev–Trinajstić information content (AvgIpc) is 3.28. The molecule has 0 radical (unpaired) electrons. The van der Waals surface area contributed by atoms with Gasteiger partial charge >= 0.3 is 12.1 Å². The molecule has 1 N–H and O–H groups in total. The first-order chi connectivity index (χ1) is 13.8. The summed E-state index contributed by atoms with van der Waals surface area (Å²) in [4.78, 5) is 34.1. The fourth-order valence-electron chi connectivity index (χ4n) is 4.12. The summed E-state index contributed by atoms with van der Waals surface area (Å²) >= 11 is 0. The highest BCUT2D eigenvalue weighted by Gasteiger charge is 2.43. The number of ether oxygens (including phenoxy) is 1. The summed E-state index contributed by atoms with van der Waals surface area (Å²) in [6.07, 6.45) is 1.96. The predicted molar refractivity (Wildman–Crippen MR) is 94.0 cm³/mol. The standard InChI is InChI=1S/C16H22N4O2.C2HF3O2/c21-16(15-7-17-3-4-18-15)20-10-12-8-19(9-13(12)11-20)14-1-5-22-6-2-14;3-2(4,5)1(6)7/h3-4,7,12-14H,1-2,5-6,8-11H2;(H,6,7)/t12-,13+;. The quantitative estimate of drug-likeness (QED) is 0.776. The summed E-state index contributed by atoms with van der Waals surface area (Å²) in [5.41, 5.74) is 0.462. The van der Waals surface area contributed by atoms with Crippen LogP contribution in [0.3, 0.4) is 0 Å². The number of hydrogen-bond acceptors (Lipinski definition) is 6. The van der Waals surface area contributed by atoms with Crippen LogP contribution in [0.5, 0.6) is 0 Å². The van der Waals surface area contributed by atoms with E-state index in [1.165, 1.54) is 0 Å². The first kappa shape index (κ1) is 21.4. The van der Waals surface area contributed by atoms with Crippen LogP contribution < -0.4 is 0 Å². The van der Waals surface area contributed by atoms with Crippen LogP contribution in [0.1, 0.15) is 23.3 Å². The molecule has 0 saturated carbocycles. The predicted octanol–water partition coefficient (Wildman–Crippen LogP) is 1.29.